The molecule has 0 saturated carbocycles. The van der Waals surface area contributed by atoms with Crippen molar-refractivity contribution in [1.29, 1.82) is 0 Å². The van der Waals surface area contributed by atoms with Crippen LogP contribution in [0.1, 0.15) is 50.6 Å². The quantitative estimate of drug-likeness (QED) is 0.806. The topological polar surface area (TPSA) is 74.1 Å². The summed E-state index contributed by atoms with van der Waals surface area (Å²) in [5.41, 5.74) is 0.858. The minimum atomic E-state index is -0.778. The first-order valence-electron chi connectivity index (χ1n) is 7.98. The van der Waals surface area contributed by atoms with Crippen LogP contribution in [0.2, 0.25) is 0 Å². The highest BCUT2D eigenvalue weighted by Crippen LogP contribution is 2.35. The Labute approximate surface area is 138 Å². The number of esters is 1. The molecule has 124 valence electrons. The highest BCUT2D eigenvalue weighted by atomic mass is 32.1. The first-order chi connectivity index (χ1) is 10.9. The molecule has 2 aromatic rings. The normalized spacial score (nSPS) is 18.9. The molecule has 0 fully saturated rings. The molecule has 2 atom stereocenters. The molecule has 23 heavy (non-hydrogen) atoms. The number of nitrogens with zero attached hydrogens (tertiary/aromatic N) is 3. The van der Waals surface area contributed by atoms with Crippen molar-refractivity contribution in [3.63, 3.8) is 0 Å². The minimum Gasteiger partial charge on any atom is -0.461 e. The fraction of sp³-hybridized carbons (Fsp3) is 0.625. The highest BCUT2D eigenvalue weighted by molar-refractivity contribution is 7.18. The van der Waals surface area contributed by atoms with Crippen LogP contribution in [0.4, 0.5) is 0 Å². The Hall–Kier alpha value is -1.76. The van der Waals surface area contributed by atoms with Gasteiger partial charge in [0.15, 0.2) is 10.9 Å². The molecule has 0 aliphatic heterocycles. The van der Waals surface area contributed by atoms with Gasteiger partial charge in [-0.25, -0.2) is 4.79 Å². The van der Waals surface area contributed by atoms with E-state index >= 15 is 0 Å². The Balaban J connectivity index is 2.05. The van der Waals surface area contributed by atoms with E-state index in [9.17, 15) is 9.59 Å². The molecule has 0 radical (unpaired) electrons. The Kier molecular flexibility index (Phi) is 4.23. The van der Waals surface area contributed by atoms with Crippen LogP contribution in [0.15, 0.2) is 4.79 Å². The van der Waals surface area contributed by atoms with Crippen molar-refractivity contribution in [3.8, 4) is 0 Å². The average molecular weight is 335 g/mol. The number of fused-ring (bicyclic) bond motifs is 3. The molecule has 0 unspecified atom stereocenters. The molecule has 0 saturated heterocycles. The summed E-state index contributed by atoms with van der Waals surface area (Å²) in [7, 11) is 0. The fourth-order valence-electron chi connectivity index (χ4n) is 2.96. The van der Waals surface area contributed by atoms with Crippen LogP contribution < -0.4 is 5.56 Å². The fourth-order valence-corrected chi connectivity index (χ4v) is 4.27. The Morgan fingerprint density at radius 3 is 2.83 bits per heavy atom. The van der Waals surface area contributed by atoms with Crippen molar-refractivity contribution < 1.29 is 9.53 Å². The molecule has 2 heterocycles. The predicted molar refractivity (Wildman–Crippen MR) is 88.8 cm³/mol. The Morgan fingerprint density at radius 2 is 2.13 bits per heavy atom. The van der Waals surface area contributed by atoms with Crippen LogP contribution in [0.5, 0.6) is 0 Å². The largest absolute Gasteiger partial charge is 0.461 e. The Morgan fingerprint density at radius 1 is 1.39 bits per heavy atom. The zero-order valence-corrected chi connectivity index (χ0v) is 14.6. The SMILES string of the molecule is CC(C)OC(=O)[C@H](C)n1nnc2sc3c(c2c1=O)CC[C@@H](C)C3. The van der Waals surface area contributed by atoms with Gasteiger partial charge >= 0.3 is 5.97 Å². The zero-order valence-electron chi connectivity index (χ0n) is 13.8. The van der Waals surface area contributed by atoms with Crippen LogP contribution in [0.3, 0.4) is 0 Å². The molecule has 6 nitrogen and oxygen atoms in total. The van der Waals surface area contributed by atoms with E-state index in [0.717, 1.165) is 29.5 Å². The number of rotatable bonds is 3. The number of carbonyl (C=O) groups excluding carboxylic acids is 1. The lowest BCUT2D eigenvalue weighted by molar-refractivity contribution is -0.151. The van der Waals surface area contributed by atoms with E-state index in [2.05, 4.69) is 17.2 Å². The second-order valence-electron chi connectivity index (χ2n) is 6.53. The van der Waals surface area contributed by atoms with Gasteiger partial charge in [0.05, 0.1) is 11.5 Å². The van der Waals surface area contributed by atoms with Crippen LogP contribution >= 0.6 is 11.3 Å². The van der Waals surface area contributed by atoms with E-state index in [1.54, 1.807) is 32.1 Å². The van der Waals surface area contributed by atoms with Gasteiger partial charge in [-0.2, -0.15) is 4.68 Å². The molecular formula is C16H21N3O3S. The summed E-state index contributed by atoms with van der Waals surface area (Å²) < 4.78 is 6.33. The van der Waals surface area contributed by atoms with E-state index < -0.39 is 12.0 Å². The van der Waals surface area contributed by atoms with Crippen molar-refractivity contribution in [2.24, 2.45) is 5.92 Å². The summed E-state index contributed by atoms with van der Waals surface area (Å²) in [6.07, 6.45) is 2.72. The number of carbonyl (C=O) groups is 1. The molecule has 7 heteroatoms. The van der Waals surface area contributed by atoms with Gasteiger partial charge in [0, 0.05) is 4.88 Å². The van der Waals surface area contributed by atoms with Crippen molar-refractivity contribution in [3.05, 3.63) is 20.8 Å². The Bertz CT molecular complexity index is 809. The van der Waals surface area contributed by atoms with Gasteiger partial charge in [-0.15, -0.1) is 16.4 Å². The van der Waals surface area contributed by atoms with Crippen LogP contribution in [-0.4, -0.2) is 27.1 Å². The maximum atomic E-state index is 12.8. The molecule has 0 bridgehead atoms. The van der Waals surface area contributed by atoms with Crippen LogP contribution in [0, 0.1) is 5.92 Å². The number of ether oxygens (including phenoxy) is 1. The van der Waals surface area contributed by atoms with Gasteiger partial charge in [0.2, 0.25) is 0 Å². The van der Waals surface area contributed by atoms with Crippen molar-refractivity contribution in [2.45, 2.75) is 59.1 Å². The van der Waals surface area contributed by atoms with E-state index in [1.807, 2.05) is 0 Å². The monoisotopic (exact) mass is 335 g/mol. The first kappa shape index (κ1) is 16.1. The predicted octanol–water partition coefficient (Wildman–Crippen LogP) is 2.49. The van der Waals surface area contributed by atoms with Gasteiger partial charge < -0.3 is 4.74 Å². The lowest BCUT2D eigenvalue weighted by atomic mass is 9.89. The lowest BCUT2D eigenvalue weighted by Gasteiger charge is -2.18. The van der Waals surface area contributed by atoms with Crippen LogP contribution in [-0.2, 0) is 22.4 Å². The molecule has 0 N–H and O–H groups in total. The number of hydrogen-bond donors (Lipinski definition) is 0. The second kappa shape index (κ2) is 6.03. The molecule has 0 amide bonds. The van der Waals surface area contributed by atoms with E-state index in [4.69, 9.17) is 4.74 Å². The number of thiophene rings is 1. The molecule has 0 aromatic carbocycles. The van der Waals surface area contributed by atoms with Crippen LogP contribution in [0.25, 0.3) is 10.2 Å². The lowest BCUT2D eigenvalue weighted by Crippen LogP contribution is -2.33. The molecule has 2 aromatic heterocycles. The van der Waals surface area contributed by atoms with Crippen molar-refractivity contribution in [2.75, 3.05) is 0 Å². The van der Waals surface area contributed by atoms with Crippen molar-refractivity contribution >= 4 is 27.5 Å². The first-order valence-corrected chi connectivity index (χ1v) is 8.80. The maximum Gasteiger partial charge on any atom is 0.331 e. The number of hydrogen-bond acceptors (Lipinski definition) is 6. The van der Waals surface area contributed by atoms with Gasteiger partial charge in [0.25, 0.3) is 5.56 Å². The molecular weight excluding hydrogens is 314 g/mol. The highest BCUT2D eigenvalue weighted by Gasteiger charge is 2.26. The molecule has 1 aliphatic rings. The smallest absolute Gasteiger partial charge is 0.331 e. The minimum absolute atomic E-state index is 0.229. The van der Waals surface area contributed by atoms with E-state index in [1.165, 1.54) is 4.88 Å². The molecule has 1 aliphatic carbocycles. The van der Waals surface area contributed by atoms with Gasteiger partial charge in [-0.1, -0.05) is 12.1 Å². The van der Waals surface area contributed by atoms with E-state index in [0.29, 0.717) is 16.1 Å². The molecule has 0 spiro atoms. The number of aromatic nitrogens is 3. The third kappa shape index (κ3) is 2.89. The van der Waals surface area contributed by atoms with Gasteiger partial charge in [-0.05, 0) is 51.5 Å². The number of aryl methyl sites for hydroxylation is 1. The summed E-state index contributed by atoms with van der Waals surface area (Å²) in [5, 5.41) is 8.77. The third-order valence-electron chi connectivity index (χ3n) is 4.21. The maximum absolute atomic E-state index is 12.8. The zero-order chi connectivity index (χ0) is 16.7. The summed E-state index contributed by atoms with van der Waals surface area (Å²) in [4.78, 5) is 26.8. The molecule has 3 rings (SSSR count). The standard InChI is InChI=1S/C16H21N3O3S/c1-8(2)22-16(21)10(4)19-15(20)13-11-6-5-9(3)7-12(11)23-14(13)17-18-19/h8-10H,5-7H2,1-4H3/t9-,10+/m1/s1. The summed E-state index contributed by atoms with van der Waals surface area (Å²) >= 11 is 1.55. The van der Waals surface area contributed by atoms with Crippen molar-refractivity contribution in [1.82, 2.24) is 15.0 Å². The van der Waals surface area contributed by atoms with Gasteiger partial charge in [0.1, 0.15) is 0 Å². The van der Waals surface area contributed by atoms with Gasteiger partial charge in [-0.3, -0.25) is 4.79 Å². The summed E-state index contributed by atoms with van der Waals surface area (Å²) in [6.45, 7) is 7.40. The third-order valence-corrected chi connectivity index (χ3v) is 5.35. The summed E-state index contributed by atoms with van der Waals surface area (Å²) in [6, 6.07) is -0.778. The second-order valence-corrected chi connectivity index (χ2v) is 7.62. The summed E-state index contributed by atoms with van der Waals surface area (Å²) in [5.74, 6) is 0.166. The average Bonchev–Trinajstić information content (AvgIpc) is 2.84. The van der Waals surface area contributed by atoms with E-state index in [-0.39, 0.29) is 11.7 Å².